The monoisotopic (exact) mass is 257 g/mol. The number of aromatic nitrogens is 3. The molecular weight excluding hydrogens is 250 g/mol. The van der Waals surface area contributed by atoms with E-state index < -0.39 is 11.2 Å². The van der Waals surface area contributed by atoms with Gasteiger partial charge in [0.1, 0.15) is 10.2 Å². The molecule has 2 aromatic rings. The van der Waals surface area contributed by atoms with Crippen molar-refractivity contribution in [2.24, 2.45) is 0 Å². The number of thiazole rings is 1. The standard InChI is InChI=1S/C9H8ClN3O2S/c1-5-4-16-7(11-5)3-13-8(14)2-6(10)12-9(13)15/h2,4H,3H2,1H3,(H,12,15). The van der Waals surface area contributed by atoms with E-state index in [-0.39, 0.29) is 11.7 Å². The molecule has 5 nitrogen and oxygen atoms in total. The molecule has 0 radical (unpaired) electrons. The van der Waals surface area contributed by atoms with Gasteiger partial charge < -0.3 is 0 Å². The summed E-state index contributed by atoms with van der Waals surface area (Å²) in [6, 6.07) is 1.17. The van der Waals surface area contributed by atoms with Crippen LogP contribution in [0, 0.1) is 6.92 Å². The third-order valence-electron chi connectivity index (χ3n) is 1.95. The van der Waals surface area contributed by atoms with E-state index in [1.807, 2.05) is 12.3 Å². The Morgan fingerprint density at radius 2 is 2.31 bits per heavy atom. The van der Waals surface area contributed by atoms with Crippen LogP contribution in [0.1, 0.15) is 10.7 Å². The minimum Gasteiger partial charge on any atom is -0.298 e. The number of hydrogen-bond acceptors (Lipinski definition) is 4. The summed E-state index contributed by atoms with van der Waals surface area (Å²) >= 11 is 6.96. The van der Waals surface area contributed by atoms with Gasteiger partial charge in [0.15, 0.2) is 0 Å². The number of H-pyrrole nitrogens is 1. The van der Waals surface area contributed by atoms with Crippen LogP contribution in [0.2, 0.25) is 5.15 Å². The van der Waals surface area contributed by atoms with E-state index in [9.17, 15) is 9.59 Å². The lowest BCUT2D eigenvalue weighted by Gasteiger charge is -2.00. The zero-order valence-corrected chi connectivity index (χ0v) is 9.93. The molecule has 0 bridgehead atoms. The Morgan fingerprint density at radius 3 is 2.88 bits per heavy atom. The largest absolute Gasteiger partial charge is 0.329 e. The SMILES string of the molecule is Cc1csc(Cn2c(=O)cc(Cl)[nH]c2=O)n1. The van der Waals surface area contributed by atoms with Crippen molar-refractivity contribution in [3.63, 3.8) is 0 Å². The van der Waals surface area contributed by atoms with Crippen molar-refractivity contribution in [3.05, 3.63) is 48.1 Å². The second-order valence-corrected chi connectivity index (χ2v) is 4.58. The van der Waals surface area contributed by atoms with Crippen LogP contribution in [0.5, 0.6) is 0 Å². The van der Waals surface area contributed by atoms with Crippen LogP contribution in [0.4, 0.5) is 0 Å². The van der Waals surface area contributed by atoms with E-state index in [1.165, 1.54) is 17.4 Å². The zero-order chi connectivity index (χ0) is 11.7. The predicted octanol–water partition coefficient (Wildman–Crippen LogP) is 1.00. The molecule has 0 aliphatic rings. The van der Waals surface area contributed by atoms with Gasteiger partial charge in [0.2, 0.25) is 0 Å². The molecule has 16 heavy (non-hydrogen) atoms. The highest BCUT2D eigenvalue weighted by Gasteiger charge is 2.06. The molecule has 0 saturated carbocycles. The maximum absolute atomic E-state index is 11.5. The van der Waals surface area contributed by atoms with Crippen molar-refractivity contribution in [1.82, 2.24) is 14.5 Å². The maximum Gasteiger partial charge on any atom is 0.329 e. The van der Waals surface area contributed by atoms with Gasteiger partial charge in [-0.15, -0.1) is 11.3 Å². The molecule has 0 spiro atoms. The van der Waals surface area contributed by atoms with Crippen LogP contribution >= 0.6 is 22.9 Å². The molecule has 0 aliphatic heterocycles. The molecule has 0 aliphatic carbocycles. The Morgan fingerprint density at radius 1 is 1.56 bits per heavy atom. The molecule has 2 rings (SSSR count). The van der Waals surface area contributed by atoms with Crippen molar-refractivity contribution in [1.29, 1.82) is 0 Å². The van der Waals surface area contributed by atoms with E-state index in [4.69, 9.17) is 11.6 Å². The quantitative estimate of drug-likeness (QED) is 0.817. The topological polar surface area (TPSA) is 67.8 Å². The molecule has 7 heteroatoms. The summed E-state index contributed by atoms with van der Waals surface area (Å²) < 4.78 is 1.06. The van der Waals surface area contributed by atoms with E-state index >= 15 is 0 Å². The number of rotatable bonds is 2. The lowest BCUT2D eigenvalue weighted by molar-refractivity contribution is 0.694. The van der Waals surface area contributed by atoms with Crippen molar-refractivity contribution in [2.45, 2.75) is 13.5 Å². The van der Waals surface area contributed by atoms with Crippen molar-refractivity contribution in [2.75, 3.05) is 0 Å². The molecule has 0 fully saturated rings. The Bertz CT molecular complexity index is 597. The molecule has 0 atom stereocenters. The highest BCUT2D eigenvalue weighted by molar-refractivity contribution is 7.09. The average Bonchev–Trinajstić information content (AvgIpc) is 2.58. The molecular formula is C9H8ClN3O2S. The normalized spacial score (nSPS) is 10.6. The van der Waals surface area contributed by atoms with Crippen molar-refractivity contribution in [3.8, 4) is 0 Å². The third kappa shape index (κ3) is 2.23. The minimum absolute atomic E-state index is 0.0431. The molecule has 0 amide bonds. The highest BCUT2D eigenvalue weighted by atomic mass is 35.5. The smallest absolute Gasteiger partial charge is 0.298 e. The van der Waals surface area contributed by atoms with Gasteiger partial charge in [-0.1, -0.05) is 11.6 Å². The van der Waals surface area contributed by atoms with Crippen LogP contribution in [-0.4, -0.2) is 14.5 Å². The first-order valence-corrected chi connectivity index (χ1v) is 5.72. The fraction of sp³-hybridized carbons (Fsp3) is 0.222. The second-order valence-electron chi connectivity index (χ2n) is 3.23. The summed E-state index contributed by atoms with van der Waals surface area (Å²) in [4.78, 5) is 29.5. The van der Waals surface area contributed by atoms with Crippen LogP contribution < -0.4 is 11.2 Å². The van der Waals surface area contributed by atoms with Gasteiger partial charge in [-0.25, -0.2) is 9.78 Å². The summed E-state index contributed by atoms with van der Waals surface area (Å²) in [6.45, 7) is 2.03. The lowest BCUT2D eigenvalue weighted by Crippen LogP contribution is -2.34. The Balaban J connectivity index is 2.43. The van der Waals surface area contributed by atoms with Gasteiger partial charge in [0.05, 0.1) is 6.54 Å². The van der Waals surface area contributed by atoms with Crippen LogP contribution in [-0.2, 0) is 6.54 Å². The molecule has 0 aromatic carbocycles. The Hall–Kier alpha value is -1.40. The van der Waals surface area contributed by atoms with Gasteiger partial charge in [-0.3, -0.25) is 14.3 Å². The van der Waals surface area contributed by atoms with Crippen LogP contribution in [0.15, 0.2) is 21.0 Å². The number of hydrogen-bond donors (Lipinski definition) is 1. The zero-order valence-electron chi connectivity index (χ0n) is 8.36. The molecule has 2 aromatic heterocycles. The first-order chi connectivity index (χ1) is 7.56. The Kier molecular flexibility index (Phi) is 2.93. The van der Waals surface area contributed by atoms with E-state index in [1.54, 1.807) is 0 Å². The van der Waals surface area contributed by atoms with Gasteiger partial charge in [0, 0.05) is 17.1 Å². The number of nitrogens with zero attached hydrogens (tertiary/aromatic N) is 2. The first-order valence-electron chi connectivity index (χ1n) is 4.47. The summed E-state index contributed by atoms with van der Waals surface area (Å²) in [7, 11) is 0. The Labute approximate surface area is 99.4 Å². The van der Waals surface area contributed by atoms with E-state index in [0.29, 0.717) is 5.01 Å². The molecule has 84 valence electrons. The summed E-state index contributed by atoms with van der Waals surface area (Å²) in [5.74, 6) is 0. The van der Waals surface area contributed by atoms with Gasteiger partial charge in [0.25, 0.3) is 5.56 Å². The van der Waals surface area contributed by atoms with Gasteiger partial charge >= 0.3 is 5.69 Å². The number of halogens is 1. The van der Waals surface area contributed by atoms with E-state index in [0.717, 1.165) is 10.3 Å². The number of nitrogens with one attached hydrogen (secondary N) is 1. The lowest BCUT2D eigenvalue weighted by atomic mass is 10.5. The highest BCUT2D eigenvalue weighted by Crippen LogP contribution is 2.08. The van der Waals surface area contributed by atoms with E-state index in [2.05, 4.69) is 9.97 Å². The van der Waals surface area contributed by atoms with Gasteiger partial charge in [-0.05, 0) is 6.92 Å². The fourth-order valence-corrected chi connectivity index (χ4v) is 2.19. The predicted molar refractivity (Wildman–Crippen MR) is 62.3 cm³/mol. The average molecular weight is 258 g/mol. The van der Waals surface area contributed by atoms with Crippen molar-refractivity contribution < 1.29 is 0 Å². The first kappa shape index (κ1) is 11.1. The summed E-state index contributed by atoms with van der Waals surface area (Å²) in [5.41, 5.74) is -0.0783. The second kappa shape index (κ2) is 4.23. The molecule has 0 unspecified atom stereocenters. The van der Waals surface area contributed by atoms with Crippen molar-refractivity contribution >= 4 is 22.9 Å². The molecule has 1 N–H and O–H groups in total. The van der Waals surface area contributed by atoms with Gasteiger partial charge in [-0.2, -0.15) is 0 Å². The minimum atomic E-state index is -0.523. The molecule has 0 saturated heterocycles. The van der Waals surface area contributed by atoms with Crippen LogP contribution in [0.3, 0.4) is 0 Å². The summed E-state index contributed by atoms with van der Waals surface area (Å²) in [5, 5.41) is 2.62. The third-order valence-corrected chi connectivity index (χ3v) is 3.10. The molecule has 2 heterocycles. The maximum atomic E-state index is 11.5. The van der Waals surface area contributed by atoms with Crippen LogP contribution in [0.25, 0.3) is 0 Å². The fourth-order valence-electron chi connectivity index (χ4n) is 1.25. The number of aryl methyl sites for hydroxylation is 1. The summed E-state index contributed by atoms with van der Waals surface area (Å²) in [6.07, 6.45) is 0. The number of aromatic amines is 1.